The summed E-state index contributed by atoms with van der Waals surface area (Å²) in [5, 5.41) is 15.1. The van der Waals surface area contributed by atoms with Crippen LogP contribution in [0.5, 0.6) is 17.2 Å². The van der Waals surface area contributed by atoms with E-state index < -0.39 is 23.9 Å². The van der Waals surface area contributed by atoms with Crippen molar-refractivity contribution in [3.8, 4) is 17.2 Å². The Morgan fingerprint density at radius 2 is 1.31 bits per heavy atom. The first-order valence-corrected chi connectivity index (χ1v) is 15.9. The van der Waals surface area contributed by atoms with Gasteiger partial charge in [-0.1, -0.05) is 56.9 Å². The first-order chi connectivity index (χ1) is 23.2. The zero-order valence-corrected chi connectivity index (χ0v) is 27.1. The van der Waals surface area contributed by atoms with Crippen molar-refractivity contribution in [2.45, 2.75) is 51.5 Å². The van der Waals surface area contributed by atoms with Crippen molar-refractivity contribution in [3.05, 3.63) is 119 Å². The molecule has 0 spiro atoms. The maximum Gasteiger partial charge on any atom is 0.343 e. The number of nitrogens with one attached hydrogen (secondary N) is 2. The number of benzene rings is 4. The molecule has 0 aliphatic rings. The van der Waals surface area contributed by atoms with Gasteiger partial charge < -0.3 is 30.0 Å². The second-order valence-electron chi connectivity index (χ2n) is 11.1. The van der Waals surface area contributed by atoms with Crippen LogP contribution >= 0.6 is 0 Å². The van der Waals surface area contributed by atoms with Gasteiger partial charge in [0, 0.05) is 11.3 Å². The number of carboxylic acid groups (broad SMARTS) is 1. The van der Waals surface area contributed by atoms with Crippen LogP contribution < -0.4 is 24.8 Å². The van der Waals surface area contributed by atoms with Crippen LogP contribution in [0.15, 0.2) is 97.1 Å². The summed E-state index contributed by atoms with van der Waals surface area (Å²) in [6, 6.07) is 24.5. The third kappa shape index (κ3) is 10.7. The number of carboxylic acids is 1. The number of hydrogen-bond donors (Lipinski definition) is 3. The largest absolute Gasteiger partial charge is 0.497 e. The van der Waals surface area contributed by atoms with Gasteiger partial charge in [-0.15, -0.1) is 0 Å². The lowest BCUT2D eigenvalue weighted by atomic mass is 10.1. The molecule has 250 valence electrons. The smallest absolute Gasteiger partial charge is 0.343 e. The van der Waals surface area contributed by atoms with Crippen LogP contribution in [0.1, 0.15) is 76.9 Å². The molecule has 0 aromatic heterocycles. The summed E-state index contributed by atoms with van der Waals surface area (Å²) in [7, 11) is 1.57. The second kappa shape index (κ2) is 17.9. The molecule has 4 aromatic rings. The maximum absolute atomic E-state index is 12.9. The number of hydrogen-bond acceptors (Lipinski definition) is 7. The fraction of sp³-hybridized carbons (Fsp3) is 0.263. The maximum atomic E-state index is 12.9. The van der Waals surface area contributed by atoms with Crippen molar-refractivity contribution in [2.24, 2.45) is 0 Å². The molecule has 0 radical (unpaired) electrons. The second-order valence-corrected chi connectivity index (χ2v) is 11.1. The van der Waals surface area contributed by atoms with Gasteiger partial charge in [-0.3, -0.25) is 9.59 Å². The quantitative estimate of drug-likeness (QED) is 0.0629. The van der Waals surface area contributed by atoms with Crippen molar-refractivity contribution in [2.75, 3.05) is 19.0 Å². The minimum atomic E-state index is -1.36. The number of amides is 2. The van der Waals surface area contributed by atoms with E-state index in [2.05, 4.69) is 17.6 Å². The summed E-state index contributed by atoms with van der Waals surface area (Å²) in [5.41, 5.74) is 2.14. The number of rotatable bonds is 17. The van der Waals surface area contributed by atoms with Crippen LogP contribution in [-0.2, 0) is 16.0 Å². The van der Waals surface area contributed by atoms with E-state index in [0.717, 1.165) is 18.4 Å². The number of methoxy groups -OCH3 is 1. The van der Waals surface area contributed by atoms with Crippen LogP contribution in [0.2, 0.25) is 0 Å². The van der Waals surface area contributed by atoms with Gasteiger partial charge in [-0.2, -0.15) is 0 Å². The molecule has 48 heavy (non-hydrogen) atoms. The van der Waals surface area contributed by atoms with Crippen LogP contribution in [0, 0.1) is 0 Å². The molecule has 4 aromatic carbocycles. The Labute approximate surface area is 280 Å². The van der Waals surface area contributed by atoms with Crippen LogP contribution in [0.3, 0.4) is 0 Å². The first-order valence-electron chi connectivity index (χ1n) is 15.9. The van der Waals surface area contributed by atoms with Gasteiger partial charge in [0.2, 0.25) is 5.91 Å². The number of unbranched alkanes of at least 4 members (excludes halogenated alkanes) is 4. The summed E-state index contributed by atoms with van der Waals surface area (Å²) in [6.45, 7) is 2.80. The normalized spacial score (nSPS) is 11.2. The molecule has 0 aliphatic heterocycles. The van der Waals surface area contributed by atoms with Crippen molar-refractivity contribution >= 4 is 29.4 Å². The molecule has 0 aliphatic carbocycles. The molecule has 0 saturated carbocycles. The zero-order valence-electron chi connectivity index (χ0n) is 27.1. The minimum Gasteiger partial charge on any atom is -0.497 e. The highest BCUT2D eigenvalue weighted by Gasteiger charge is 2.23. The average Bonchev–Trinajstić information content (AvgIpc) is 3.09. The van der Waals surface area contributed by atoms with Crippen LogP contribution in [0.25, 0.3) is 0 Å². The highest BCUT2D eigenvalue weighted by molar-refractivity contribution is 5.98. The Balaban J connectivity index is 1.27. The van der Waals surface area contributed by atoms with E-state index in [1.54, 1.807) is 67.8 Å². The van der Waals surface area contributed by atoms with Gasteiger partial charge in [0.05, 0.1) is 25.7 Å². The summed E-state index contributed by atoms with van der Waals surface area (Å²) in [4.78, 5) is 50.1. The van der Waals surface area contributed by atoms with Gasteiger partial charge in [-0.05, 0) is 90.3 Å². The molecule has 10 heteroatoms. The zero-order chi connectivity index (χ0) is 34.3. The van der Waals surface area contributed by atoms with E-state index in [1.807, 2.05) is 0 Å². The van der Waals surface area contributed by atoms with Crippen molar-refractivity contribution in [1.82, 2.24) is 5.32 Å². The Morgan fingerprint density at radius 3 is 1.94 bits per heavy atom. The average molecular weight is 653 g/mol. The lowest BCUT2D eigenvalue weighted by molar-refractivity contribution is -0.139. The van der Waals surface area contributed by atoms with Gasteiger partial charge in [0.15, 0.2) is 6.04 Å². The number of ether oxygens (including phenoxy) is 3. The molecule has 3 N–H and O–H groups in total. The third-order valence-electron chi connectivity index (χ3n) is 7.51. The Morgan fingerprint density at radius 1 is 0.708 bits per heavy atom. The summed E-state index contributed by atoms with van der Waals surface area (Å²) < 4.78 is 16.3. The number of carbonyl (C=O) groups is 4. The molecule has 0 unspecified atom stereocenters. The Bertz CT molecular complexity index is 1650. The fourth-order valence-corrected chi connectivity index (χ4v) is 4.82. The topological polar surface area (TPSA) is 140 Å². The lowest BCUT2D eigenvalue weighted by Gasteiger charge is -2.16. The van der Waals surface area contributed by atoms with E-state index in [1.165, 1.54) is 55.7 Å². The summed E-state index contributed by atoms with van der Waals surface area (Å²) in [5.74, 6) is -1.09. The molecule has 0 saturated heterocycles. The molecular weight excluding hydrogens is 612 g/mol. The number of esters is 1. The standard InChI is InChI=1S/C38H40N2O8/c1-3-4-5-6-7-24-47-32-20-14-29(15-21-32)38(45)48-33-22-12-27(13-23-33)35(37(43)44)40-36(42)28-10-16-30(17-11-28)39-34(41)25-26-8-18-31(46-2)19-9-26/h8-23,35H,3-7,24-25H2,1-2H3,(H,39,41)(H,40,42)(H,43,44)/t35-/m0/s1. The SMILES string of the molecule is CCCCCCCOc1ccc(C(=O)Oc2ccc([C@H](NC(=O)c3ccc(NC(=O)Cc4ccc(OC)cc4)cc3)C(=O)O)cc2)cc1. The molecular formula is C38H40N2O8. The van der Waals surface area contributed by atoms with Gasteiger partial charge >= 0.3 is 11.9 Å². The summed E-state index contributed by atoms with van der Waals surface area (Å²) >= 11 is 0. The van der Waals surface area contributed by atoms with Crippen LogP contribution in [0.4, 0.5) is 5.69 Å². The van der Waals surface area contributed by atoms with Crippen molar-refractivity contribution in [1.29, 1.82) is 0 Å². The predicted molar refractivity (Wildman–Crippen MR) is 182 cm³/mol. The Hall–Kier alpha value is -5.64. The van der Waals surface area contributed by atoms with E-state index >= 15 is 0 Å². The molecule has 10 nitrogen and oxygen atoms in total. The van der Waals surface area contributed by atoms with Crippen molar-refractivity contribution in [3.63, 3.8) is 0 Å². The molecule has 4 rings (SSSR count). The van der Waals surface area contributed by atoms with Gasteiger partial charge in [0.25, 0.3) is 5.91 Å². The monoisotopic (exact) mass is 652 g/mol. The van der Waals surface area contributed by atoms with E-state index in [0.29, 0.717) is 29.4 Å². The number of aliphatic carboxylic acids is 1. The number of anilines is 1. The highest BCUT2D eigenvalue weighted by Crippen LogP contribution is 2.22. The minimum absolute atomic E-state index is 0.159. The van der Waals surface area contributed by atoms with E-state index in [-0.39, 0.29) is 29.2 Å². The lowest BCUT2D eigenvalue weighted by Crippen LogP contribution is -2.33. The summed E-state index contributed by atoms with van der Waals surface area (Å²) in [6.07, 6.45) is 5.88. The number of carbonyl (C=O) groups excluding carboxylic acids is 3. The van der Waals surface area contributed by atoms with E-state index in [9.17, 15) is 24.3 Å². The molecule has 2 amide bonds. The van der Waals surface area contributed by atoms with Crippen LogP contribution in [-0.4, -0.2) is 42.6 Å². The fourth-order valence-electron chi connectivity index (χ4n) is 4.82. The molecule has 1 atom stereocenters. The van der Waals surface area contributed by atoms with Gasteiger partial charge in [0.1, 0.15) is 17.2 Å². The predicted octanol–water partition coefficient (Wildman–Crippen LogP) is 7.00. The molecule has 0 heterocycles. The molecule has 0 bridgehead atoms. The van der Waals surface area contributed by atoms with E-state index in [4.69, 9.17) is 14.2 Å². The van der Waals surface area contributed by atoms with Crippen molar-refractivity contribution < 1.29 is 38.5 Å². The third-order valence-corrected chi connectivity index (χ3v) is 7.51. The Kier molecular flexibility index (Phi) is 13.1. The highest BCUT2D eigenvalue weighted by atomic mass is 16.5. The molecule has 0 fully saturated rings. The van der Waals surface area contributed by atoms with Gasteiger partial charge in [-0.25, -0.2) is 9.59 Å². The first kappa shape index (κ1) is 35.2.